The molecule has 57 heavy (non-hydrogen) atoms. The molecule has 0 heterocycles. The van der Waals surface area contributed by atoms with Crippen molar-refractivity contribution in [3.63, 3.8) is 0 Å². The van der Waals surface area contributed by atoms with Crippen molar-refractivity contribution >= 4 is 21.7 Å². The summed E-state index contributed by atoms with van der Waals surface area (Å²) in [6, 6.07) is 37.7. The molecule has 0 saturated heterocycles. The average molecular weight is 838 g/mol. The van der Waals surface area contributed by atoms with E-state index >= 15 is 0 Å². The summed E-state index contributed by atoms with van der Waals surface area (Å²) in [5.74, 6) is 0.509. The lowest BCUT2D eigenvalue weighted by Gasteiger charge is -2.31. The van der Waals surface area contributed by atoms with Crippen molar-refractivity contribution < 1.29 is 11.3 Å². The zero-order valence-electron chi connectivity index (χ0n) is 35.4. The smallest absolute Gasteiger partial charge is 0.132 e. The minimum Gasteiger partial charge on any atom is -0.385 e. The van der Waals surface area contributed by atoms with E-state index in [0.29, 0.717) is 5.78 Å². The summed E-state index contributed by atoms with van der Waals surface area (Å²) in [6.45, 7) is 0. The van der Waals surface area contributed by atoms with Crippen LogP contribution < -0.4 is 0 Å². The summed E-state index contributed by atoms with van der Waals surface area (Å²) < 4.78 is 1.14. The Morgan fingerprint density at radius 1 is 0.386 bits per heavy atom. The summed E-state index contributed by atoms with van der Waals surface area (Å²) in [7, 11) is 0. The van der Waals surface area contributed by atoms with Crippen LogP contribution in [0.2, 0.25) is 0 Å². The number of ketones is 1. The summed E-state index contributed by atoms with van der Waals surface area (Å²) in [6.07, 6.45) is 35.1. The van der Waals surface area contributed by atoms with Gasteiger partial charge in [0.15, 0.2) is 0 Å². The Morgan fingerprint density at radius 3 is 1.12 bits per heavy atom. The number of carbonyl (C=O) groups excluding carboxylic acids is 1. The molecule has 0 unspecified atom stereocenters. The van der Waals surface area contributed by atoms with Crippen molar-refractivity contribution in [3.8, 4) is 22.3 Å². The number of Topliss-reactive ketones (excluding diaryl/α,β-unsaturated/α-hetero) is 1. The Hall–Kier alpha value is -3.01. The molecule has 312 valence electrons. The molecule has 0 aromatic heterocycles. The van der Waals surface area contributed by atoms with Crippen molar-refractivity contribution in [1.82, 2.24) is 0 Å². The highest BCUT2D eigenvalue weighted by Gasteiger charge is 2.30. The van der Waals surface area contributed by atoms with Crippen LogP contribution in [0.15, 0.2) is 114 Å². The number of rotatable bonds is 3. The van der Waals surface area contributed by atoms with Crippen LogP contribution in [0, 0.1) is 0 Å². The van der Waals surface area contributed by atoms with Crippen molar-refractivity contribution in [1.29, 1.82) is 0 Å². The summed E-state index contributed by atoms with van der Waals surface area (Å²) in [5.41, 5.74) is 5.32. The molecule has 0 bridgehead atoms. The van der Waals surface area contributed by atoms with Crippen molar-refractivity contribution in [2.45, 2.75) is 185 Å². The molecule has 4 aromatic rings. The van der Waals surface area contributed by atoms with Crippen LogP contribution in [-0.4, -0.2) is 10.9 Å². The van der Waals surface area contributed by atoms with Gasteiger partial charge in [-0.25, -0.2) is 0 Å². The quantitative estimate of drug-likeness (QED) is 0.223. The van der Waals surface area contributed by atoms with E-state index in [9.17, 15) is 9.90 Å². The van der Waals surface area contributed by atoms with E-state index in [-0.39, 0.29) is 1.43 Å². The van der Waals surface area contributed by atoms with E-state index in [1.54, 1.807) is 0 Å². The molecule has 3 heteroatoms. The van der Waals surface area contributed by atoms with E-state index in [0.717, 1.165) is 61.4 Å². The van der Waals surface area contributed by atoms with Crippen LogP contribution in [-0.2, 0) is 10.4 Å². The highest BCUT2D eigenvalue weighted by atomic mass is 79.9. The zero-order chi connectivity index (χ0) is 40.1. The van der Waals surface area contributed by atoms with Gasteiger partial charge in [-0.05, 0) is 59.6 Å². The highest BCUT2D eigenvalue weighted by molar-refractivity contribution is 9.10. The number of hydrogen-bond acceptors (Lipinski definition) is 2. The molecule has 0 amide bonds. The lowest BCUT2D eigenvalue weighted by Crippen LogP contribution is -2.26. The molecular formula is C54H77BrO2. The number of benzene rings is 4. The van der Waals surface area contributed by atoms with Gasteiger partial charge in [0.1, 0.15) is 5.78 Å². The SMILES string of the molecule is Brc1ccccc1-c1ccccc1.O=C1CCCCCCCCCCCCCC1.OC1(c2ccccc2-c2ccccc2)CCCCCCCCCCCCCC1.[HH]. The fourth-order valence-corrected chi connectivity index (χ4v) is 9.12. The van der Waals surface area contributed by atoms with Crippen molar-refractivity contribution in [2.75, 3.05) is 0 Å². The maximum atomic E-state index is 11.9. The Labute approximate surface area is 358 Å². The molecule has 1 N–H and O–H groups in total. The minimum atomic E-state index is -0.702. The van der Waals surface area contributed by atoms with Crippen LogP contribution in [0.3, 0.4) is 0 Å². The Bertz CT molecular complexity index is 1570. The first-order valence-corrected chi connectivity index (χ1v) is 24.0. The van der Waals surface area contributed by atoms with Crippen LogP contribution in [0.5, 0.6) is 0 Å². The van der Waals surface area contributed by atoms with Gasteiger partial charge in [-0.2, -0.15) is 0 Å². The molecule has 0 atom stereocenters. The number of carbonyl (C=O) groups is 1. The van der Waals surface area contributed by atoms with E-state index in [2.05, 4.69) is 107 Å². The molecule has 2 aliphatic carbocycles. The molecule has 0 spiro atoms. The van der Waals surface area contributed by atoms with Gasteiger partial charge in [0, 0.05) is 18.7 Å². The first kappa shape index (κ1) is 46.7. The van der Waals surface area contributed by atoms with Crippen molar-refractivity contribution in [2.24, 2.45) is 0 Å². The maximum absolute atomic E-state index is 11.9. The molecule has 0 aliphatic heterocycles. The Kier molecular flexibility index (Phi) is 23.9. The Balaban J connectivity index is 0.000000254. The minimum absolute atomic E-state index is 0. The normalized spacial score (nSPS) is 18.7. The van der Waals surface area contributed by atoms with Gasteiger partial charge < -0.3 is 5.11 Å². The van der Waals surface area contributed by atoms with Gasteiger partial charge in [-0.15, -0.1) is 0 Å². The average Bonchev–Trinajstić information content (AvgIpc) is 3.26. The molecule has 2 nitrogen and oxygen atoms in total. The second-order valence-corrected chi connectivity index (χ2v) is 17.7. The van der Waals surface area contributed by atoms with Gasteiger partial charge in [0.25, 0.3) is 0 Å². The van der Waals surface area contributed by atoms with E-state index in [1.165, 1.54) is 151 Å². The topological polar surface area (TPSA) is 37.3 Å². The maximum Gasteiger partial charge on any atom is 0.132 e. The largest absolute Gasteiger partial charge is 0.385 e. The van der Waals surface area contributed by atoms with Crippen molar-refractivity contribution in [3.05, 3.63) is 119 Å². The highest BCUT2D eigenvalue weighted by Crippen LogP contribution is 2.39. The third-order valence-corrected chi connectivity index (χ3v) is 12.8. The third kappa shape index (κ3) is 19.1. The van der Waals surface area contributed by atoms with E-state index < -0.39 is 5.60 Å². The summed E-state index contributed by atoms with van der Waals surface area (Å²) in [4.78, 5) is 11.5. The lowest BCUT2D eigenvalue weighted by atomic mass is 9.80. The number of halogens is 1. The molecule has 2 saturated carbocycles. The van der Waals surface area contributed by atoms with Gasteiger partial charge in [-0.3, -0.25) is 4.79 Å². The Morgan fingerprint density at radius 2 is 0.702 bits per heavy atom. The van der Waals surface area contributed by atoms with E-state index in [4.69, 9.17) is 0 Å². The van der Waals surface area contributed by atoms with Crippen LogP contribution in [0.4, 0.5) is 0 Å². The molecular weight excluding hydrogens is 760 g/mol. The predicted octanol–water partition coefficient (Wildman–Crippen LogP) is 17.4. The number of aliphatic hydroxyl groups is 1. The fourth-order valence-electron chi connectivity index (χ4n) is 8.61. The summed E-state index contributed by atoms with van der Waals surface area (Å²) in [5, 5.41) is 11.9. The molecule has 2 aliphatic rings. The van der Waals surface area contributed by atoms with Crippen LogP contribution in [0.25, 0.3) is 22.3 Å². The zero-order valence-corrected chi connectivity index (χ0v) is 37.0. The molecule has 0 radical (unpaired) electrons. The summed E-state index contributed by atoms with van der Waals surface area (Å²) >= 11 is 3.53. The van der Waals surface area contributed by atoms with Gasteiger partial charge in [-0.1, -0.05) is 260 Å². The van der Waals surface area contributed by atoms with Gasteiger partial charge in [0.2, 0.25) is 0 Å². The standard InChI is InChI=1S/C27H38O.C15H28O.C12H9Br.H2/c28-27(26-21-15-14-20-25(26)24-18-12-11-13-19-24)22-16-9-7-5-3-1-2-4-6-8-10-17-23-27;16-15-13-11-9-7-5-3-1-2-4-6-8-10-12-14-15;13-12-9-5-4-8-11(12)10-6-2-1-3-7-10;/h11-15,18-21,28H,1-10,16-17,22-23H2;1-14H2;1-9H;1H. The first-order valence-electron chi connectivity index (χ1n) is 23.3. The molecule has 6 rings (SSSR count). The van der Waals surface area contributed by atoms with E-state index in [1.807, 2.05) is 18.2 Å². The second-order valence-electron chi connectivity index (χ2n) is 16.8. The number of hydrogen-bond donors (Lipinski definition) is 1. The van der Waals surface area contributed by atoms with Crippen LogP contribution in [0.1, 0.15) is 187 Å². The van der Waals surface area contributed by atoms with Gasteiger partial charge >= 0.3 is 0 Å². The van der Waals surface area contributed by atoms with Crippen LogP contribution >= 0.6 is 15.9 Å². The molecule has 4 aromatic carbocycles. The molecule has 2 fully saturated rings. The third-order valence-electron chi connectivity index (χ3n) is 12.1. The monoisotopic (exact) mass is 837 g/mol. The first-order chi connectivity index (χ1) is 28.1. The predicted molar refractivity (Wildman–Crippen MR) is 252 cm³/mol. The fraction of sp³-hybridized carbons (Fsp3) is 0.537. The lowest BCUT2D eigenvalue weighted by molar-refractivity contribution is -0.119. The van der Waals surface area contributed by atoms with Gasteiger partial charge in [0.05, 0.1) is 5.60 Å². The second kappa shape index (κ2) is 29.2.